The fraction of sp³-hybridized carbons (Fsp3) is 0.476. The highest BCUT2D eigenvalue weighted by Crippen LogP contribution is 2.30. The van der Waals surface area contributed by atoms with Crippen molar-refractivity contribution < 1.29 is 9.53 Å². The first-order valence-corrected chi connectivity index (χ1v) is 9.91. The van der Waals surface area contributed by atoms with Gasteiger partial charge in [-0.15, -0.1) is 0 Å². The predicted molar refractivity (Wildman–Crippen MR) is 110 cm³/mol. The molecule has 0 saturated carbocycles. The molecule has 1 aromatic heterocycles. The van der Waals surface area contributed by atoms with E-state index in [2.05, 4.69) is 10.2 Å². The topological polar surface area (TPSA) is 85.6 Å². The van der Waals surface area contributed by atoms with Crippen molar-refractivity contribution in [3.8, 4) is 5.75 Å². The van der Waals surface area contributed by atoms with Crippen LogP contribution >= 0.6 is 0 Å². The third-order valence-corrected chi connectivity index (χ3v) is 5.40. The highest BCUT2D eigenvalue weighted by Gasteiger charge is 2.25. The van der Waals surface area contributed by atoms with E-state index in [-0.39, 0.29) is 18.5 Å². The van der Waals surface area contributed by atoms with Crippen molar-refractivity contribution >= 4 is 5.91 Å². The normalized spacial score (nSPS) is 15.7. The number of nitrogens with zero attached hydrogens (tertiary/aromatic N) is 3. The van der Waals surface area contributed by atoms with Crippen LogP contribution in [0.2, 0.25) is 0 Å². The first-order valence-electron chi connectivity index (χ1n) is 9.91. The van der Waals surface area contributed by atoms with E-state index >= 15 is 0 Å². The number of aromatic nitrogens is 2. The summed E-state index contributed by atoms with van der Waals surface area (Å²) in [6.07, 6.45) is 4.84. The van der Waals surface area contributed by atoms with Crippen LogP contribution in [0.1, 0.15) is 30.9 Å². The molecule has 0 radical (unpaired) electrons. The molecular weight excluding hydrogens is 372 g/mol. The molecule has 156 valence electrons. The minimum absolute atomic E-state index is 0.00718. The Balaban J connectivity index is 1.74. The Kier molecular flexibility index (Phi) is 6.87. The van der Waals surface area contributed by atoms with Crippen LogP contribution in [-0.4, -0.2) is 46.7 Å². The number of piperidine rings is 1. The average molecular weight is 400 g/mol. The zero-order chi connectivity index (χ0) is 20.8. The summed E-state index contributed by atoms with van der Waals surface area (Å²) in [6, 6.07) is 9.13. The molecule has 0 spiro atoms. The van der Waals surface area contributed by atoms with Crippen molar-refractivity contribution in [3.63, 3.8) is 0 Å². The van der Waals surface area contributed by atoms with Crippen LogP contribution < -0.4 is 21.3 Å². The van der Waals surface area contributed by atoms with E-state index in [1.165, 1.54) is 30.3 Å². The molecule has 1 saturated heterocycles. The fourth-order valence-electron chi connectivity index (χ4n) is 3.77. The molecule has 1 aliphatic heterocycles. The third-order valence-electron chi connectivity index (χ3n) is 5.40. The van der Waals surface area contributed by atoms with Gasteiger partial charge in [0.25, 0.3) is 5.56 Å². The number of nitrogens with one attached hydrogen (secondary N) is 1. The van der Waals surface area contributed by atoms with Gasteiger partial charge >= 0.3 is 5.69 Å². The molecule has 1 unspecified atom stereocenters. The van der Waals surface area contributed by atoms with Gasteiger partial charge < -0.3 is 10.1 Å². The van der Waals surface area contributed by atoms with E-state index < -0.39 is 11.2 Å². The fourth-order valence-corrected chi connectivity index (χ4v) is 3.77. The highest BCUT2D eigenvalue weighted by molar-refractivity contribution is 5.75. The van der Waals surface area contributed by atoms with Gasteiger partial charge in [-0.1, -0.05) is 24.6 Å². The second-order valence-corrected chi connectivity index (χ2v) is 7.28. The molecule has 2 aromatic rings. The Labute approximate surface area is 169 Å². The summed E-state index contributed by atoms with van der Waals surface area (Å²) in [5, 5.41) is 2.96. The Hall–Kier alpha value is -2.87. The summed E-state index contributed by atoms with van der Waals surface area (Å²) in [6.45, 7) is 2.23. The second kappa shape index (κ2) is 9.56. The number of rotatable bonds is 7. The summed E-state index contributed by atoms with van der Waals surface area (Å²) in [5.41, 5.74) is 0.134. The summed E-state index contributed by atoms with van der Waals surface area (Å²) in [5.74, 6) is 0.522. The number of benzene rings is 1. The molecule has 0 aliphatic carbocycles. The Morgan fingerprint density at radius 3 is 2.59 bits per heavy atom. The van der Waals surface area contributed by atoms with Gasteiger partial charge in [0, 0.05) is 31.4 Å². The van der Waals surface area contributed by atoms with Crippen LogP contribution in [0, 0.1) is 0 Å². The molecule has 1 atom stereocenters. The highest BCUT2D eigenvalue weighted by atomic mass is 16.5. The van der Waals surface area contributed by atoms with Gasteiger partial charge in [-0.05, 0) is 32.0 Å². The van der Waals surface area contributed by atoms with Gasteiger partial charge in [0.15, 0.2) is 0 Å². The molecule has 0 bridgehead atoms. The van der Waals surface area contributed by atoms with Crippen LogP contribution in [0.5, 0.6) is 5.75 Å². The van der Waals surface area contributed by atoms with Crippen LogP contribution in [0.4, 0.5) is 0 Å². The van der Waals surface area contributed by atoms with E-state index in [1.807, 2.05) is 24.3 Å². The number of amides is 1. The van der Waals surface area contributed by atoms with Crippen molar-refractivity contribution in [2.45, 2.75) is 31.8 Å². The summed E-state index contributed by atoms with van der Waals surface area (Å²) in [7, 11) is 3.05. The van der Waals surface area contributed by atoms with Gasteiger partial charge in [0.2, 0.25) is 5.91 Å². The van der Waals surface area contributed by atoms with Crippen molar-refractivity contribution in [2.75, 3.05) is 26.7 Å². The summed E-state index contributed by atoms with van der Waals surface area (Å²) >= 11 is 0. The van der Waals surface area contributed by atoms with E-state index in [0.717, 1.165) is 41.8 Å². The third kappa shape index (κ3) is 4.95. The van der Waals surface area contributed by atoms with Crippen LogP contribution in [0.15, 0.2) is 46.1 Å². The van der Waals surface area contributed by atoms with E-state index in [1.54, 1.807) is 7.11 Å². The van der Waals surface area contributed by atoms with Gasteiger partial charge in [-0.3, -0.25) is 23.6 Å². The Bertz CT molecular complexity index is 960. The quantitative estimate of drug-likeness (QED) is 0.746. The second-order valence-electron chi connectivity index (χ2n) is 7.28. The number of para-hydroxylation sites is 1. The Morgan fingerprint density at radius 1 is 1.14 bits per heavy atom. The number of likely N-dealkylation sites (tertiary alicyclic amines) is 1. The number of methoxy groups -OCH3 is 1. The van der Waals surface area contributed by atoms with E-state index in [4.69, 9.17) is 4.74 Å². The lowest BCUT2D eigenvalue weighted by Crippen LogP contribution is -2.43. The van der Waals surface area contributed by atoms with E-state index in [0.29, 0.717) is 6.54 Å². The molecule has 29 heavy (non-hydrogen) atoms. The number of hydrogen-bond acceptors (Lipinski definition) is 5. The molecule has 8 nitrogen and oxygen atoms in total. The molecule has 1 amide bonds. The minimum atomic E-state index is -0.509. The largest absolute Gasteiger partial charge is 0.496 e. The molecule has 1 aromatic carbocycles. The first-order chi connectivity index (χ1) is 14.0. The molecule has 1 aliphatic rings. The first kappa shape index (κ1) is 20.9. The zero-order valence-electron chi connectivity index (χ0n) is 17.0. The van der Waals surface area contributed by atoms with Gasteiger partial charge in [-0.25, -0.2) is 4.79 Å². The zero-order valence-corrected chi connectivity index (χ0v) is 17.0. The molecule has 8 heteroatoms. The Morgan fingerprint density at radius 2 is 1.86 bits per heavy atom. The van der Waals surface area contributed by atoms with Crippen LogP contribution in [-0.2, 0) is 18.4 Å². The van der Waals surface area contributed by atoms with E-state index in [9.17, 15) is 14.4 Å². The summed E-state index contributed by atoms with van der Waals surface area (Å²) < 4.78 is 7.76. The molecule has 3 rings (SSSR count). The predicted octanol–water partition coefficient (Wildman–Crippen LogP) is 0.899. The maximum atomic E-state index is 12.5. The number of carbonyl (C=O) groups excluding carboxylic acids is 1. The van der Waals surface area contributed by atoms with Crippen molar-refractivity contribution in [3.05, 3.63) is 62.9 Å². The lowest BCUT2D eigenvalue weighted by Gasteiger charge is -2.35. The maximum Gasteiger partial charge on any atom is 0.331 e. The maximum absolute atomic E-state index is 12.5. The molecular formula is C21H28N4O4. The monoisotopic (exact) mass is 400 g/mol. The molecule has 1 N–H and O–H groups in total. The minimum Gasteiger partial charge on any atom is -0.496 e. The number of carbonyl (C=O) groups is 1. The van der Waals surface area contributed by atoms with Gasteiger partial charge in [0.05, 0.1) is 13.2 Å². The lowest BCUT2D eigenvalue weighted by atomic mass is 10.0. The number of ether oxygens (including phenoxy) is 1. The van der Waals surface area contributed by atoms with Crippen molar-refractivity contribution in [2.24, 2.45) is 7.05 Å². The molecule has 1 fully saturated rings. The molecule has 2 heterocycles. The standard InChI is InChI=1S/C21H28N4O4/c1-23-20(27)10-13-25(21(23)28)15-19(26)22-14-17(24-11-6-3-7-12-24)16-8-4-5-9-18(16)29-2/h4-5,8-10,13,17H,3,6-7,11-12,14-15H2,1-2H3,(H,22,26). The van der Waals surface area contributed by atoms with Crippen molar-refractivity contribution in [1.29, 1.82) is 0 Å². The van der Waals surface area contributed by atoms with Gasteiger partial charge in [0.1, 0.15) is 12.3 Å². The number of hydrogen-bond donors (Lipinski definition) is 1. The SMILES string of the molecule is COc1ccccc1C(CNC(=O)Cn1ccc(=O)n(C)c1=O)N1CCCCC1. The smallest absolute Gasteiger partial charge is 0.331 e. The van der Waals surface area contributed by atoms with Crippen LogP contribution in [0.3, 0.4) is 0 Å². The van der Waals surface area contributed by atoms with Gasteiger partial charge in [-0.2, -0.15) is 0 Å². The van der Waals surface area contributed by atoms with Crippen molar-refractivity contribution in [1.82, 2.24) is 19.4 Å². The lowest BCUT2D eigenvalue weighted by molar-refractivity contribution is -0.122. The van der Waals surface area contributed by atoms with Crippen LogP contribution in [0.25, 0.3) is 0 Å². The summed E-state index contributed by atoms with van der Waals surface area (Å²) in [4.78, 5) is 38.6. The average Bonchev–Trinajstić information content (AvgIpc) is 2.75.